The minimum atomic E-state index is 1.04. The molecule has 1 saturated heterocycles. The van der Waals surface area contributed by atoms with Gasteiger partial charge in [-0.05, 0) is 41.0 Å². The standard InChI is InChI=1S/C10H14BrN3/c11-9-2-3-10(13-8-9)14-6-1-4-12-5-7-14/h2-3,8,12H,1,4-7H2. The highest BCUT2D eigenvalue weighted by Gasteiger charge is 2.09. The first-order valence-electron chi connectivity index (χ1n) is 4.93. The molecule has 4 heteroatoms. The third-order valence-corrected chi connectivity index (χ3v) is 2.84. The minimum Gasteiger partial charge on any atom is -0.355 e. The first kappa shape index (κ1) is 9.93. The van der Waals surface area contributed by atoms with Crippen molar-refractivity contribution in [3.05, 3.63) is 22.8 Å². The van der Waals surface area contributed by atoms with Crippen LogP contribution in [0.3, 0.4) is 0 Å². The molecule has 0 bridgehead atoms. The summed E-state index contributed by atoms with van der Waals surface area (Å²) >= 11 is 3.39. The van der Waals surface area contributed by atoms with Crippen molar-refractivity contribution in [2.45, 2.75) is 6.42 Å². The van der Waals surface area contributed by atoms with Crippen LogP contribution in [0.5, 0.6) is 0 Å². The Morgan fingerprint density at radius 1 is 1.29 bits per heavy atom. The Kier molecular flexibility index (Phi) is 3.37. The van der Waals surface area contributed by atoms with Crippen LogP contribution in [0, 0.1) is 0 Å². The van der Waals surface area contributed by atoms with Crippen molar-refractivity contribution >= 4 is 21.7 Å². The molecule has 1 aliphatic rings. The fourth-order valence-electron chi connectivity index (χ4n) is 1.63. The summed E-state index contributed by atoms with van der Waals surface area (Å²) in [5.74, 6) is 1.08. The maximum Gasteiger partial charge on any atom is 0.128 e. The maximum absolute atomic E-state index is 4.39. The first-order chi connectivity index (χ1) is 6.86. The second-order valence-corrected chi connectivity index (χ2v) is 4.34. The predicted octanol–water partition coefficient (Wildman–Crippen LogP) is 1.64. The monoisotopic (exact) mass is 255 g/mol. The van der Waals surface area contributed by atoms with Crippen LogP contribution in [0.15, 0.2) is 22.8 Å². The third kappa shape index (κ3) is 2.45. The van der Waals surface area contributed by atoms with E-state index in [0.717, 1.165) is 36.5 Å². The molecule has 0 aliphatic carbocycles. The van der Waals surface area contributed by atoms with E-state index in [2.05, 4.69) is 37.2 Å². The van der Waals surface area contributed by atoms with Gasteiger partial charge in [-0.1, -0.05) is 0 Å². The van der Waals surface area contributed by atoms with Crippen LogP contribution in [0.4, 0.5) is 5.82 Å². The first-order valence-corrected chi connectivity index (χ1v) is 5.73. The van der Waals surface area contributed by atoms with Crippen LogP contribution >= 0.6 is 15.9 Å². The van der Waals surface area contributed by atoms with E-state index in [1.54, 1.807) is 0 Å². The van der Waals surface area contributed by atoms with Gasteiger partial charge in [0.2, 0.25) is 0 Å². The molecule has 1 fully saturated rings. The highest BCUT2D eigenvalue weighted by Crippen LogP contribution is 2.15. The quantitative estimate of drug-likeness (QED) is 0.828. The molecule has 14 heavy (non-hydrogen) atoms. The second-order valence-electron chi connectivity index (χ2n) is 3.43. The molecule has 0 atom stereocenters. The summed E-state index contributed by atoms with van der Waals surface area (Å²) in [6.07, 6.45) is 3.05. The molecule has 0 amide bonds. The summed E-state index contributed by atoms with van der Waals surface area (Å²) < 4.78 is 1.04. The third-order valence-electron chi connectivity index (χ3n) is 2.38. The number of hydrogen-bond donors (Lipinski definition) is 1. The Morgan fingerprint density at radius 2 is 2.21 bits per heavy atom. The van der Waals surface area contributed by atoms with Crippen LogP contribution in [0.1, 0.15) is 6.42 Å². The van der Waals surface area contributed by atoms with Gasteiger partial charge in [-0.3, -0.25) is 0 Å². The molecule has 0 spiro atoms. The zero-order valence-electron chi connectivity index (χ0n) is 8.04. The summed E-state index contributed by atoms with van der Waals surface area (Å²) in [4.78, 5) is 6.72. The van der Waals surface area contributed by atoms with Crippen molar-refractivity contribution in [3.8, 4) is 0 Å². The van der Waals surface area contributed by atoms with Crippen molar-refractivity contribution in [1.82, 2.24) is 10.3 Å². The Morgan fingerprint density at radius 3 is 3.00 bits per heavy atom. The van der Waals surface area contributed by atoms with E-state index in [-0.39, 0.29) is 0 Å². The van der Waals surface area contributed by atoms with E-state index < -0.39 is 0 Å². The van der Waals surface area contributed by atoms with E-state index in [1.807, 2.05) is 12.3 Å². The molecule has 0 unspecified atom stereocenters. The van der Waals surface area contributed by atoms with Crippen molar-refractivity contribution in [3.63, 3.8) is 0 Å². The molecule has 2 rings (SSSR count). The lowest BCUT2D eigenvalue weighted by atomic mass is 10.3. The van der Waals surface area contributed by atoms with Crippen LogP contribution in [-0.2, 0) is 0 Å². The normalized spacial score (nSPS) is 17.9. The van der Waals surface area contributed by atoms with E-state index in [0.29, 0.717) is 0 Å². The van der Waals surface area contributed by atoms with Crippen molar-refractivity contribution in [2.24, 2.45) is 0 Å². The number of pyridine rings is 1. The van der Waals surface area contributed by atoms with Gasteiger partial charge in [0.15, 0.2) is 0 Å². The SMILES string of the molecule is Brc1ccc(N2CCCNCC2)nc1. The molecule has 1 aromatic heterocycles. The number of halogens is 1. The molecule has 3 nitrogen and oxygen atoms in total. The molecule has 0 aromatic carbocycles. The van der Waals surface area contributed by atoms with Crippen molar-refractivity contribution in [1.29, 1.82) is 0 Å². The summed E-state index contributed by atoms with van der Waals surface area (Å²) in [6, 6.07) is 4.11. The van der Waals surface area contributed by atoms with Gasteiger partial charge in [-0.25, -0.2) is 4.98 Å². The number of aromatic nitrogens is 1. The van der Waals surface area contributed by atoms with Gasteiger partial charge in [0.25, 0.3) is 0 Å². The van der Waals surface area contributed by atoms with Gasteiger partial charge in [0.05, 0.1) is 0 Å². The average molecular weight is 256 g/mol. The van der Waals surface area contributed by atoms with E-state index in [1.165, 1.54) is 6.42 Å². The Hall–Kier alpha value is -0.610. The highest BCUT2D eigenvalue weighted by molar-refractivity contribution is 9.10. The number of rotatable bonds is 1. The minimum absolute atomic E-state index is 1.04. The summed E-state index contributed by atoms with van der Waals surface area (Å²) in [7, 11) is 0. The number of nitrogens with zero attached hydrogens (tertiary/aromatic N) is 2. The zero-order valence-corrected chi connectivity index (χ0v) is 9.63. The fraction of sp³-hybridized carbons (Fsp3) is 0.500. The lowest BCUT2D eigenvalue weighted by molar-refractivity contribution is 0.724. The lowest BCUT2D eigenvalue weighted by Crippen LogP contribution is -2.28. The second kappa shape index (κ2) is 4.75. The molecule has 1 N–H and O–H groups in total. The largest absolute Gasteiger partial charge is 0.355 e. The van der Waals surface area contributed by atoms with Crippen LogP contribution < -0.4 is 10.2 Å². The van der Waals surface area contributed by atoms with Crippen LogP contribution in [0.2, 0.25) is 0 Å². The van der Waals surface area contributed by atoms with Gasteiger partial charge in [0, 0.05) is 30.3 Å². The van der Waals surface area contributed by atoms with Crippen molar-refractivity contribution < 1.29 is 0 Å². The summed E-state index contributed by atoms with van der Waals surface area (Å²) in [6.45, 7) is 4.32. The van der Waals surface area contributed by atoms with Crippen molar-refractivity contribution in [2.75, 3.05) is 31.1 Å². The molecule has 0 saturated carbocycles. The van der Waals surface area contributed by atoms with Gasteiger partial charge in [-0.15, -0.1) is 0 Å². The fourth-order valence-corrected chi connectivity index (χ4v) is 1.86. The molecule has 2 heterocycles. The summed E-state index contributed by atoms with van der Waals surface area (Å²) in [5, 5.41) is 3.38. The van der Waals surface area contributed by atoms with Gasteiger partial charge in [-0.2, -0.15) is 0 Å². The van der Waals surface area contributed by atoms with Gasteiger partial charge in [0.1, 0.15) is 5.82 Å². The maximum atomic E-state index is 4.39. The van der Waals surface area contributed by atoms with E-state index >= 15 is 0 Å². The smallest absolute Gasteiger partial charge is 0.128 e. The van der Waals surface area contributed by atoms with Gasteiger partial charge >= 0.3 is 0 Å². The van der Waals surface area contributed by atoms with Gasteiger partial charge < -0.3 is 10.2 Å². The molecular formula is C10H14BrN3. The molecule has 1 aromatic rings. The Balaban J connectivity index is 2.08. The van der Waals surface area contributed by atoms with Crippen LogP contribution in [-0.4, -0.2) is 31.2 Å². The van der Waals surface area contributed by atoms with E-state index in [4.69, 9.17) is 0 Å². The average Bonchev–Trinajstić information content (AvgIpc) is 2.47. The molecular weight excluding hydrogens is 242 g/mol. The molecule has 1 aliphatic heterocycles. The molecule has 76 valence electrons. The number of hydrogen-bond acceptors (Lipinski definition) is 3. The Bertz CT molecular complexity index is 278. The predicted molar refractivity (Wildman–Crippen MR) is 61.6 cm³/mol. The van der Waals surface area contributed by atoms with E-state index in [9.17, 15) is 0 Å². The Labute approximate surface area is 92.6 Å². The zero-order chi connectivity index (χ0) is 9.80. The molecule has 0 radical (unpaired) electrons. The number of anilines is 1. The topological polar surface area (TPSA) is 28.2 Å². The lowest BCUT2D eigenvalue weighted by Gasteiger charge is -2.20. The summed E-state index contributed by atoms with van der Waals surface area (Å²) in [5.41, 5.74) is 0. The van der Waals surface area contributed by atoms with Crippen LogP contribution in [0.25, 0.3) is 0 Å². The number of nitrogens with one attached hydrogen (secondary N) is 1. The highest BCUT2D eigenvalue weighted by atomic mass is 79.9.